The topological polar surface area (TPSA) is 149 Å². The van der Waals surface area contributed by atoms with Crippen LogP contribution >= 0.6 is 54.5 Å². The van der Waals surface area contributed by atoms with Gasteiger partial charge in [-0.05, 0) is 28.4 Å². The van der Waals surface area contributed by atoms with Crippen LogP contribution in [0.4, 0.5) is 0 Å². The van der Waals surface area contributed by atoms with Gasteiger partial charge in [-0.25, -0.2) is 0 Å². The molecule has 0 bridgehead atoms. The average molecular weight is 1040 g/mol. The molecule has 4 atom stereocenters. The Morgan fingerprint density at radius 1 is 0.696 bits per heavy atom. The van der Waals surface area contributed by atoms with E-state index in [0.29, 0.717) is 20.3 Å². The predicted octanol–water partition coefficient (Wildman–Crippen LogP) is 9.24. The van der Waals surface area contributed by atoms with Gasteiger partial charge >= 0.3 is 301 Å². The Morgan fingerprint density at radius 2 is 1.16 bits per heavy atom. The molecule has 298 valence electrons. The van der Waals surface area contributed by atoms with Crippen LogP contribution in [0, 0.1) is 0 Å². The van der Waals surface area contributed by atoms with Crippen LogP contribution in [0.25, 0.3) is 22.3 Å². The molecule has 0 aliphatic heterocycles. The van der Waals surface area contributed by atoms with Crippen LogP contribution in [0.2, 0.25) is 0 Å². The third-order valence-corrected chi connectivity index (χ3v) is 11.6. The van der Waals surface area contributed by atoms with E-state index in [9.17, 15) is 9.41 Å². The second kappa shape index (κ2) is 27.0. The molecule has 4 unspecified atom stereocenters. The summed E-state index contributed by atoms with van der Waals surface area (Å²) in [5, 5.41) is 8.35. The van der Waals surface area contributed by atoms with Gasteiger partial charge in [-0.2, -0.15) is 0 Å². The monoisotopic (exact) mass is 1040 g/mol. The number of halogens is 3. The van der Waals surface area contributed by atoms with Crippen molar-refractivity contribution in [3.05, 3.63) is 115 Å². The molecule has 0 aliphatic carbocycles. The fourth-order valence-corrected chi connectivity index (χ4v) is 8.42. The molecule has 0 radical (unpaired) electrons. The first-order chi connectivity index (χ1) is 27.2. The van der Waals surface area contributed by atoms with E-state index in [1.807, 2.05) is 50.6 Å². The van der Waals surface area contributed by atoms with Gasteiger partial charge in [-0.1, -0.05) is 6.92 Å². The molecule has 6 aromatic rings. The minimum absolute atomic E-state index is 0.0336. The van der Waals surface area contributed by atoms with E-state index >= 15 is 0 Å². The molecule has 0 amide bonds. The van der Waals surface area contributed by atoms with Crippen molar-refractivity contribution in [3.8, 4) is 22.3 Å². The van der Waals surface area contributed by atoms with Gasteiger partial charge in [-0.3, -0.25) is 0 Å². The standard InChI is InChI=1S/C12H12BNO2S.C12H15INOS.C8H9BBrNO2.C7H10BrNO/c1-2-11(14-8-13-15)12-5-10(6-16-12)9-3-4-17-7-9;1-3-11(14-13-2)12-6-10(7-15-12)9-4-5-16-8-9;1-2-7(11-5-9-12)8-3-6(10)4-13-8;1-2-6(9)7-3-5(8)4-10-7/h3-8,11H,2H2,1H3;4-8,11,14H,3H2,1-2H3;3-5,7H,2H2,1H3;3-4,6H,2,9H2,1H3/q;-1;;. The summed E-state index contributed by atoms with van der Waals surface area (Å²) in [7, 11) is 1.35. The number of hydrogen-bond acceptors (Lipinski definition) is 12. The number of nitrogens with zero attached hydrogens (tertiary/aromatic N) is 2. The fourth-order valence-electron chi connectivity index (χ4n) is 4.95. The number of nitrogens with one attached hydrogen (secondary N) is 1. The van der Waals surface area contributed by atoms with E-state index in [1.54, 1.807) is 41.5 Å². The van der Waals surface area contributed by atoms with Crippen LogP contribution in [-0.4, -0.2) is 31.5 Å². The van der Waals surface area contributed by atoms with Gasteiger partial charge in [0.1, 0.15) is 12.0 Å². The number of nitrogens with two attached hydrogens (primary N) is 1. The quantitative estimate of drug-likeness (QED) is 0.0321. The first-order valence-corrected chi connectivity index (χ1v) is 24.5. The zero-order chi connectivity index (χ0) is 40.7. The van der Waals surface area contributed by atoms with Gasteiger partial charge in [0.2, 0.25) is 0 Å². The minimum atomic E-state index is -0.0763. The summed E-state index contributed by atoms with van der Waals surface area (Å²) >= 11 is 10.0. The van der Waals surface area contributed by atoms with Gasteiger partial charge < -0.3 is 10.2 Å². The van der Waals surface area contributed by atoms with Crippen LogP contribution in [-0.2, 0) is 9.41 Å². The molecule has 6 aromatic heterocycles. The number of hydrogen-bond donors (Lipinski definition) is 2. The fraction of sp³-hybridized carbons (Fsp3) is 0.333. The molecule has 0 aromatic carbocycles. The van der Waals surface area contributed by atoms with Crippen molar-refractivity contribution >= 4 is 81.1 Å². The molecule has 0 saturated carbocycles. The van der Waals surface area contributed by atoms with Gasteiger partial charge in [-0.15, -0.1) is 0 Å². The summed E-state index contributed by atoms with van der Waals surface area (Å²) in [6.45, 7) is 8.22. The van der Waals surface area contributed by atoms with Crippen LogP contribution in [0.15, 0.2) is 120 Å². The molecule has 6 rings (SSSR count). The van der Waals surface area contributed by atoms with Gasteiger partial charge in [0, 0.05) is 0 Å². The third kappa shape index (κ3) is 15.9. The zero-order valence-corrected chi connectivity index (χ0v) is 38.9. The molecule has 17 heteroatoms. The summed E-state index contributed by atoms with van der Waals surface area (Å²) < 4.78 is 47.3. The summed E-state index contributed by atoms with van der Waals surface area (Å²) in [6.07, 6.45) is 13.0. The Kier molecular flexibility index (Phi) is 22.9. The maximum absolute atomic E-state index is 10.3. The average Bonchev–Trinajstić information content (AvgIpc) is 4.06. The SMILES string of the molecule is CCC(N)c1cc(Br)co1.CCC(N=CB=O)c1cc(-c2ccsc2)co1.CCC(N=CB=O)c1cc(Br)co1.CCC(N[I-]C)c1cc(-c2ccsc2)co1. The Balaban J connectivity index is 0.000000204. The molecule has 0 aliphatic rings. The first-order valence-electron chi connectivity index (χ1n) is 17.8. The Hall–Kier alpha value is -2.80. The van der Waals surface area contributed by atoms with E-state index in [1.165, 1.54) is 23.4 Å². The van der Waals surface area contributed by atoms with Crippen molar-refractivity contribution in [2.24, 2.45) is 15.7 Å². The van der Waals surface area contributed by atoms with E-state index in [0.717, 1.165) is 68.8 Å². The Labute approximate surface area is 365 Å². The molecule has 0 spiro atoms. The van der Waals surface area contributed by atoms with E-state index in [2.05, 4.69) is 91.6 Å². The number of aliphatic imine (C=N–C) groups is 2. The van der Waals surface area contributed by atoms with Crippen molar-refractivity contribution in [1.29, 1.82) is 0 Å². The van der Waals surface area contributed by atoms with Crippen LogP contribution in [0.1, 0.15) is 101 Å². The maximum atomic E-state index is 10.3. The summed E-state index contributed by atoms with van der Waals surface area (Å²) in [4.78, 5) is 10.4. The first kappa shape index (κ1) is 47.6. The number of thiophene rings is 2. The van der Waals surface area contributed by atoms with Crippen molar-refractivity contribution in [3.63, 3.8) is 0 Å². The van der Waals surface area contributed by atoms with Crippen LogP contribution in [0.5, 0.6) is 0 Å². The number of furan rings is 4. The van der Waals surface area contributed by atoms with Gasteiger partial charge in [0.05, 0.1) is 10.5 Å². The summed E-state index contributed by atoms with van der Waals surface area (Å²) in [5.74, 6) is 3.47. The summed E-state index contributed by atoms with van der Waals surface area (Å²) in [5.41, 5.74) is 10.3. The molecular formula is C39H46B2Br2IN4O6S2-. The third-order valence-electron chi connectivity index (χ3n) is 8.01. The summed E-state index contributed by atoms with van der Waals surface area (Å²) in [6, 6.07) is 12.3. The van der Waals surface area contributed by atoms with Gasteiger partial charge in [0.15, 0.2) is 0 Å². The molecule has 0 saturated heterocycles. The predicted molar refractivity (Wildman–Crippen MR) is 232 cm³/mol. The van der Waals surface area contributed by atoms with Crippen molar-refractivity contribution in [2.75, 3.05) is 4.93 Å². The van der Waals surface area contributed by atoms with Gasteiger partial charge in [0.25, 0.3) is 0 Å². The van der Waals surface area contributed by atoms with Crippen LogP contribution < -0.4 is 30.7 Å². The zero-order valence-electron chi connectivity index (χ0n) is 31.9. The van der Waals surface area contributed by atoms with Crippen LogP contribution in [0.3, 0.4) is 0 Å². The molecule has 10 nitrogen and oxygen atoms in total. The number of alkyl halides is 1. The second-order valence-corrected chi connectivity index (χ2v) is 16.9. The second-order valence-electron chi connectivity index (χ2n) is 11.8. The molecule has 0 fully saturated rings. The molecule has 3 N–H and O–H groups in total. The van der Waals surface area contributed by atoms with E-state index in [4.69, 9.17) is 23.4 Å². The van der Waals surface area contributed by atoms with E-state index < -0.39 is 0 Å². The Morgan fingerprint density at radius 3 is 1.55 bits per heavy atom. The normalized spacial score (nSPS) is 13.1. The van der Waals surface area contributed by atoms with Crippen molar-refractivity contribution < 1.29 is 48.6 Å². The number of rotatable bonds is 16. The molecule has 56 heavy (non-hydrogen) atoms. The Bertz CT molecular complexity index is 2010. The molecular weight excluding hydrogens is 993 g/mol. The van der Waals surface area contributed by atoms with Crippen molar-refractivity contribution in [1.82, 2.24) is 3.53 Å². The van der Waals surface area contributed by atoms with Crippen molar-refractivity contribution in [2.45, 2.75) is 77.5 Å². The van der Waals surface area contributed by atoms with E-state index in [-0.39, 0.29) is 39.6 Å². The molecule has 6 heterocycles.